The number of hydrogen-bond donors (Lipinski definition) is 2. The van der Waals surface area contributed by atoms with Crippen LogP contribution >= 0.6 is 11.3 Å². The van der Waals surface area contributed by atoms with Crippen LogP contribution in [-0.2, 0) is 15.7 Å². The quantitative estimate of drug-likeness (QED) is 0.672. The lowest BCUT2D eigenvalue weighted by Gasteiger charge is -2.33. The summed E-state index contributed by atoms with van der Waals surface area (Å²) in [5, 5.41) is 6.54. The number of ether oxygens (including phenoxy) is 2. The molecule has 2 saturated heterocycles. The molecule has 4 rings (SSSR count). The van der Waals surface area contributed by atoms with E-state index in [4.69, 9.17) is 9.47 Å². The Morgan fingerprint density at radius 1 is 1.30 bits per heavy atom. The number of nitrogens with one attached hydrogen (secondary N) is 2. The second-order valence-corrected chi connectivity index (χ2v) is 8.92. The molecule has 1 atom stereocenters. The number of nitrogens with zero attached hydrogens (tertiary/aromatic N) is 2. The van der Waals surface area contributed by atoms with Gasteiger partial charge in [-0.3, -0.25) is 4.79 Å². The predicted molar refractivity (Wildman–Crippen MR) is 117 cm³/mol. The molecular formula is C21H25F3N4O4S. The monoisotopic (exact) mass is 486 g/mol. The van der Waals surface area contributed by atoms with Crippen LogP contribution in [0.1, 0.15) is 41.6 Å². The zero-order chi connectivity index (χ0) is 23.6. The van der Waals surface area contributed by atoms with Gasteiger partial charge in [-0.25, -0.2) is 9.78 Å². The minimum Gasteiger partial charge on any atom is -0.446 e. The molecular weight excluding hydrogens is 461 g/mol. The second-order valence-electron chi connectivity index (χ2n) is 8.04. The molecule has 1 unspecified atom stereocenters. The van der Waals surface area contributed by atoms with Crippen LogP contribution < -0.4 is 15.5 Å². The van der Waals surface area contributed by atoms with Crippen molar-refractivity contribution >= 4 is 39.4 Å². The van der Waals surface area contributed by atoms with Gasteiger partial charge in [0.1, 0.15) is 11.9 Å². The Labute approximate surface area is 192 Å². The van der Waals surface area contributed by atoms with Crippen molar-refractivity contribution in [3.63, 3.8) is 0 Å². The van der Waals surface area contributed by atoms with Crippen molar-refractivity contribution in [1.82, 2.24) is 15.6 Å². The van der Waals surface area contributed by atoms with E-state index in [0.29, 0.717) is 39.1 Å². The number of alkyl halides is 3. The molecule has 0 bridgehead atoms. The van der Waals surface area contributed by atoms with Crippen molar-refractivity contribution in [2.24, 2.45) is 0 Å². The van der Waals surface area contributed by atoms with Crippen LogP contribution in [0.2, 0.25) is 0 Å². The normalized spacial score (nSPS) is 19.6. The van der Waals surface area contributed by atoms with Gasteiger partial charge in [-0.1, -0.05) is 0 Å². The average molecular weight is 487 g/mol. The maximum absolute atomic E-state index is 13.7. The summed E-state index contributed by atoms with van der Waals surface area (Å²) in [5.74, 6) is -0.334. The number of thiophene rings is 1. The van der Waals surface area contributed by atoms with E-state index in [1.165, 1.54) is 12.4 Å². The smallest absolute Gasteiger partial charge is 0.417 e. The van der Waals surface area contributed by atoms with Crippen LogP contribution in [0.25, 0.3) is 10.2 Å². The standard InChI is InChI=1S/C21H25F3N4O4S/c1-25-19(29)14-11-33-18-15(21(22,23)24)9-16(27-17(14)18)28-6-4-12(5-7-28)32-20(30)26-10-13-3-2-8-31-13/h9,11-13H,2-8,10H2,1H3,(H,25,29)(H,26,30). The van der Waals surface area contributed by atoms with E-state index in [0.717, 1.165) is 30.2 Å². The Balaban J connectivity index is 1.44. The Bertz CT molecular complexity index is 1010. The highest BCUT2D eigenvalue weighted by Gasteiger charge is 2.36. The fourth-order valence-corrected chi connectivity index (χ4v) is 5.09. The van der Waals surface area contributed by atoms with E-state index in [1.54, 1.807) is 4.90 Å². The van der Waals surface area contributed by atoms with Crippen LogP contribution in [0.4, 0.5) is 23.8 Å². The summed E-state index contributed by atoms with van der Waals surface area (Å²) < 4.78 is 52.0. The topological polar surface area (TPSA) is 92.8 Å². The summed E-state index contributed by atoms with van der Waals surface area (Å²) in [4.78, 5) is 30.3. The predicted octanol–water partition coefficient (Wildman–Crippen LogP) is 3.55. The molecule has 0 radical (unpaired) electrons. The van der Waals surface area contributed by atoms with E-state index in [9.17, 15) is 22.8 Å². The summed E-state index contributed by atoms with van der Waals surface area (Å²) in [6.45, 7) is 1.85. The second kappa shape index (κ2) is 9.72. The van der Waals surface area contributed by atoms with Gasteiger partial charge in [-0.15, -0.1) is 11.3 Å². The third kappa shape index (κ3) is 5.32. The summed E-state index contributed by atoms with van der Waals surface area (Å²) in [6, 6.07) is 1.03. The van der Waals surface area contributed by atoms with Crippen LogP contribution in [0.5, 0.6) is 0 Å². The van der Waals surface area contributed by atoms with Gasteiger partial charge < -0.3 is 25.0 Å². The number of anilines is 1. The number of piperidine rings is 1. The Kier molecular flexibility index (Phi) is 6.94. The number of pyridine rings is 1. The highest BCUT2D eigenvalue weighted by Crippen LogP contribution is 2.40. The highest BCUT2D eigenvalue weighted by molar-refractivity contribution is 7.17. The molecule has 2 fully saturated rings. The molecule has 2 aromatic rings. The lowest BCUT2D eigenvalue weighted by atomic mass is 10.1. The Morgan fingerprint density at radius 3 is 2.70 bits per heavy atom. The van der Waals surface area contributed by atoms with Crippen LogP contribution in [0.3, 0.4) is 0 Å². The van der Waals surface area contributed by atoms with Crippen molar-refractivity contribution in [2.45, 2.75) is 44.1 Å². The molecule has 12 heteroatoms. The lowest BCUT2D eigenvalue weighted by Crippen LogP contribution is -2.41. The molecule has 2 aliphatic heterocycles. The third-order valence-electron chi connectivity index (χ3n) is 5.82. The largest absolute Gasteiger partial charge is 0.446 e. The first kappa shape index (κ1) is 23.6. The van der Waals surface area contributed by atoms with Crippen LogP contribution in [-0.4, -0.2) is 62.5 Å². The summed E-state index contributed by atoms with van der Waals surface area (Å²) >= 11 is 0.852. The minimum atomic E-state index is -4.58. The molecule has 0 aliphatic carbocycles. The fourth-order valence-electron chi connectivity index (χ4n) is 4.06. The van der Waals surface area contributed by atoms with Gasteiger partial charge in [0.15, 0.2) is 0 Å². The van der Waals surface area contributed by atoms with E-state index in [1.807, 2.05) is 0 Å². The van der Waals surface area contributed by atoms with Gasteiger partial charge >= 0.3 is 12.3 Å². The number of hydrogen-bond acceptors (Lipinski definition) is 7. The zero-order valence-electron chi connectivity index (χ0n) is 18.0. The molecule has 4 heterocycles. The van der Waals surface area contributed by atoms with E-state index in [-0.39, 0.29) is 33.8 Å². The first-order valence-corrected chi connectivity index (χ1v) is 11.7. The summed E-state index contributed by atoms with van der Waals surface area (Å²) in [5.41, 5.74) is -0.656. The molecule has 2 aromatic heterocycles. The maximum Gasteiger partial charge on any atom is 0.417 e. The molecule has 8 nitrogen and oxygen atoms in total. The molecule has 180 valence electrons. The molecule has 0 aromatic carbocycles. The van der Waals surface area contributed by atoms with Gasteiger partial charge in [0, 0.05) is 51.5 Å². The first-order chi connectivity index (χ1) is 15.8. The molecule has 2 amide bonds. The van der Waals surface area contributed by atoms with Crippen molar-refractivity contribution in [2.75, 3.05) is 38.2 Å². The van der Waals surface area contributed by atoms with Crippen LogP contribution in [0.15, 0.2) is 11.4 Å². The summed E-state index contributed by atoms with van der Waals surface area (Å²) in [7, 11) is 1.42. The molecule has 0 spiro atoms. The van der Waals surface area contributed by atoms with E-state index in [2.05, 4.69) is 15.6 Å². The zero-order valence-corrected chi connectivity index (χ0v) is 18.9. The van der Waals surface area contributed by atoms with Crippen molar-refractivity contribution in [3.05, 3.63) is 22.6 Å². The maximum atomic E-state index is 13.7. The number of alkyl carbamates (subject to hydrolysis) is 1. The SMILES string of the molecule is CNC(=O)c1csc2c(C(F)(F)F)cc(N3CCC(OC(=O)NCC4CCCO4)CC3)nc12. The molecule has 2 N–H and O–H groups in total. The Morgan fingerprint density at radius 2 is 2.06 bits per heavy atom. The van der Waals surface area contributed by atoms with Crippen molar-refractivity contribution in [3.8, 4) is 0 Å². The number of rotatable bonds is 5. The lowest BCUT2D eigenvalue weighted by molar-refractivity contribution is -0.136. The van der Waals surface area contributed by atoms with Crippen molar-refractivity contribution < 1.29 is 32.2 Å². The molecule has 2 aliphatic rings. The first-order valence-electron chi connectivity index (χ1n) is 10.8. The van der Waals surface area contributed by atoms with Gasteiger partial charge in [0.25, 0.3) is 5.91 Å². The number of amides is 2. The minimum absolute atomic E-state index is 0.0139. The number of aromatic nitrogens is 1. The highest BCUT2D eigenvalue weighted by atomic mass is 32.1. The van der Waals surface area contributed by atoms with Gasteiger partial charge in [-0.2, -0.15) is 13.2 Å². The number of carbonyl (C=O) groups is 2. The van der Waals surface area contributed by atoms with Gasteiger partial charge in [0.05, 0.1) is 27.4 Å². The third-order valence-corrected chi connectivity index (χ3v) is 6.83. The van der Waals surface area contributed by atoms with E-state index < -0.39 is 23.7 Å². The van der Waals surface area contributed by atoms with E-state index >= 15 is 0 Å². The summed E-state index contributed by atoms with van der Waals surface area (Å²) in [6.07, 6.45) is -2.62. The molecule has 33 heavy (non-hydrogen) atoms. The Hall–Kier alpha value is -2.60. The number of fused-ring (bicyclic) bond motifs is 1. The van der Waals surface area contributed by atoms with Gasteiger partial charge in [0.2, 0.25) is 0 Å². The van der Waals surface area contributed by atoms with Crippen LogP contribution in [0, 0.1) is 0 Å². The van der Waals surface area contributed by atoms with Gasteiger partial charge in [-0.05, 0) is 18.9 Å². The average Bonchev–Trinajstić information content (AvgIpc) is 3.46. The fraction of sp³-hybridized carbons (Fsp3) is 0.571. The molecule has 0 saturated carbocycles. The van der Waals surface area contributed by atoms with Crippen molar-refractivity contribution in [1.29, 1.82) is 0 Å². The number of carbonyl (C=O) groups excluding carboxylic acids is 2. The number of halogens is 3.